The smallest absolute Gasteiger partial charge is 0.315 e. The second-order valence-corrected chi connectivity index (χ2v) is 6.39. The summed E-state index contributed by atoms with van der Waals surface area (Å²) in [6.45, 7) is 0. The van der Waals surface area contributed by atoms with Crippen LogP contribution in [0.25, 0.3) is 0 Å². The summed E-state index contributed by atoms with van der Waals surface area (Å²) >= 11 is 0. The molecule has 2 atom stereocenters. The van der Waals surface area contributed by atoms with Crippen LogP contribution in [0.5, 0.6) is 0 Å². The van der Waals surface area contributed by atoms with Crippen LogP contribution in [-0.2, 0) is 0 Å². The quantitative estimate of drug-likeness (QED) is 0.807. The minimum Gasteiger partial charge on any atom is -0.393 e. The van der Waals surface area contributed by atoms with Crippen molar-refractivity contribution in [3.63, 3.8) is 0 Å². The van der Waals surface area contributed by atoms with Crippen molar-refractivity contribution in [1.29, 1.82) is 0 Å². The molecule has 4 nitrogen and oxygen atoms in total. The molecular weight excluding hydrogens is 300 g/mol. The summed E-state index contributed by atoms with van der Waals surface area (Å²) < 4.78 is 0. The molecule has 1 aliphatic carbocycles. The fourth-order valence-electron chi connectivity index (χ4n) is 3.30. The van der Waals surface area contributed by atoms with Crippen molar-refractivity contribution >= 4 is 6.03 Å². The second kappa shape index (κ2) is 7.97. The van der Waals surface area contributed by atoms with E-state index in [2.05, 4.69) is 10.6 Å². The van der Waals surface area contributed by atoms with Gasteiger partial charge in [0.25, 0.3) is 0 Å². The lowest BCUT2D eigenvalue weighted by Gasteiger charge is -2.28. The third-order valence-corrected chi connectivity index (χ3v) is 4.52. The van der Waals surface area contributed by atoms with Crippen LogP contribution in [-0.4, -0.2) is 23.3 Å². The molecule has 0 unspecified atom stereocenters. The second-order valence-electron chi connectivity index (χ2n) is 6.39. The van der Waals surface area contributed by atoms with Crippen LogP contribution in [0.1, 0.15) is 42.9 Å². The van der Waals surface area contributed by atoms with Crippen molar-refractivity contribution in [2.75, 3.05) is 0 Å². The van der Waals surface area contributed by atoms with Gasteiger partial charge in [0, 0.05) is 6.04 Å². The number of rotatable bonds is 4. The van der Waals surface area contributed by atoms with Gasteiger partial charge in [0.05, 0.1) is 12.1 Å². The van der Waals surface area contributed by atoms with Gasteiger partial charge in [-0.15, -0.1) is 0 Å². The first-order valence-electron chi connectivity index (χ1n) is 8.57. The number of amides is 2. The van der Waals surface area contributed by atoms with Crippen LogP contribution >= 0.6 is 0 Å². The first kappa shape index (κ1) is 16.5. The lowest BCUT2D eigenvalue weighted by Crippen LogP contribution is -2.46. The Morgan fingerprint density at radius 3 is 2.08 bits per heavy atom. The SMILES string of the molecule is O=C(NC(c1ccccc1)c1ccccc1)N[C@@H]1CCC[C@@H](O)C1. The maximum atomic E-state index is 12.5. The zero-order valence-electron chi connectivity index (χ0n) is 13.7. The molecule has 0 aliphatic heterocycles. The van der Waals surface area contributed by atoms with Crippen molar-refractivity contribution in [2.24, 2.45) is 0 Å². The molecule has 24 heavy (non-hydrogen) atoms. The molecule has 0 aromatic heterocycles. The molecular formula is C20H24N2O2. The van der Waals surface area contributed by atoms with Gasteiger partial charge < -0.3 is 15.7 Å². The standard InChI is InChI=1S/C20H24N2O2/c23-18-13-7-12-17(14-18)21-20(24)22-19(15-8-3-1-4-9-15)16-10-5-2-6-11-16/h1-6,8-11,17-19,23H,7,12-14H2,(H2,21,22,24)/t17-,18-/m1/s1. The van der Waals surface area contributed by atoms with Crippen LogP contribution < -0.4 is 10.6 Å². The van der Waals surface area contributed by atoms with Crippen LogP contribution in [0.15, 0.2) is 60.7 Å². The number of carbonyl (C=O) groups is 1. The normalized spacial score (nSPS) is 20.6. The first-order chi connectivity index (χ1) is 11.7. The zero-order chi connectivity index (χ0) is 16.8. The minimum atomic E-state index is -0.303. The minimum absolute atomic E-state index is 0.0425. The maximum absolute atomic E-state index is 12.5. The summed E-state index contributed by atoms with van der Waals surface area (Å²) in [5.74, 6) is 0. The summed E-state index contributed by atoms with van der Waals surface area (Å²) in [5, 5.41) is 15.8. The third-order valence-electron chi connectivity index (χ3n) is 4.52. The van der Waals surface area contributed by atoms with Crippen molar-refractivity contribution < 1.29 is 9.90 Å². The van der Waals surface area contributed by atoms with E-state index in [0.29, 0.717) is 6.42 Å². The highest BCUT2D eigenvalue weighted by atomic mass is 16.3. The van der Waals surface area contributed by atoms with Crippen molar-refractivity contribution in [3.8, 4) is 0 Å². The van der Waals surface area contributed by atoms with Crippen molar-refractivity contribution in [1.82, 2.24) is 10.6 Å². The fourth-order valence-corrected chi connectivity index (χ4v) is 3.30. The summed E-state index contributed by atoms with van der Waals surface area (Å²) in [4.78, 5) is 12.5. The van der Waals surface area contributed by atoms with E-state index in [1.165, 1.54) is 0 Å². The topological polar surface area (TPSA) is 61.4 Å². The van der Waals surface area contributed by atoms with E-state index < -0.39 is 0 Å². The van der Waals surface area contributed by atoms with Gasteiger partial charge in [0.1, 0.15) is 0 Å². The van der Waals surface area contributed by atoms with Crippen LogP contribution in [0.4, 0.5) is 4.79 Å². The van der Waals surface area contributed by atoms with E-state index in [1.807, 2.05) is 60.7 Å². The highest BCUT2D eigenvalue weighted by Gasteiger charge is 2.23. The Labute approximate surface area is 142 Å². The van der Waals surface area contributed by atoms with Crippen molar-refractivity contribution in [3.05, 3.63) is 71.8 Å². The number of hydrogen-bond donors (Lipinski definition) is 3. The molecule has 0 spiro atoms. The van der Waals surface area contributed by atoms with E-state index in [-0.39, 0.29) is 24.2 Å². The Morgan fingerprint density at radius 1 is 0.958 bits per heavy atom. The molecule has 2 amide bonds. The number of urea groups is 1. The summed E-state index contributed by atoms with van der Waals surface area (Å²) in [7, 11) is 0. The van der Waals surface area contributed by atoms with Gasteiger partial charge in [-0.1, -0.05) is 60.7 Å². The molecule has 0 saturated heterocycles. The average molecular weight is 324 g/mol. The third kappa shape index (κ3) is 4.36. The van der Waals surface area contributed by atoms with Gasteiger partial charge in [-0.05, 0) is 36.8 Å². The molecule has 126 valence electrons. The van der Waals surface area contributed by atoms with E-state index in [4.69, 9.17) is 0 Å². The molecule has 4 heteroatoms. The van der Waals surface area contributed by atoms with Gasteiger partial charge in [-0.2, -0.15) is 0 Å². The number of benzene rings is 2. The molecule has 1 fully saturated rings. The lowest BCUT2D eigenvalue weighted by atomic mass is 9.93. The van der Waals surface area contributed by atoms with Gasteiger partial charge in [-0.25, -0.2) is 4.79 Å². The first-order valence-corrected chi connectivity index (χ1v) is 8.57. The van der Waals surface area contributed by atoms with Gasteiger partial charge in [-0.3, -0.25) is 0 Å². The van der Waals surface area contributed by atoms with E-state index in [9.17, 15) is 9.90 Å². The molecule has 0 bridgehead atoms. The zero-order valence-corrected chi connectivity index (χ0v) is 13.7. The number of hydrogen-bond acceptors (Lipinski definition) is 2. The molecule has 0 heterocycles. The molecule has 0 radical (unpaired) electrons. The Kier molecular flexibility index (Phi) is 5.49. The molecule has 3 N–H and O–H groups in total. The number of aliphatic hydroxyl groups is 1. The molecule has 2 aromatic rings. The summed E-state index contributed by atoms with van der Waals surface area (Å²) in [5.41, 5.74) is 2.09. The van der Waals surface area contributed by atoms with Crippen molar-refractivity contribution in [2.45, 2.75) is 43.9 Å². The Morgan fingerprint density at radius 2 is 1.54 bits per heavy atom. The molecule has 2 aromatic carbocycles. The van der Waals surface area contributed by atoms with Gasteiger partial charge in [0.2, 0.25) is 0 Å². The molecule has 3 rings (SSSR count). The average Bonchev–Trinajstić information content (AvgIpc) is 2.61. The van der Waals surface area contributed by atoms with Gasteiger partial charge >= 0.3 is 6.03 Å². The van der Waals surface area contributed by atoms with E-state index >= 15 is 0 Å². The number of carbonyl (C=O) groups excluding carboxylic acids is 1. The lowest BCUT2D eigenvalue weighted by molar-refractivity contribution is 0.113. The predicted octanol–water partition coefficient (Wildman–Crippen LogP) is 3.38. The predicted molar refractivity (Wildman–Crippen MR) is 94.7 cm³/mol. The van der Waals surface area contributed by atoms with Crippen LogP contribution in [0.3, 0.4) is 0 Å². The fraction of sp³-hybridized carbons (Fsp3) is 0.350. The Balaban J connectivity index is 1.71. The summed E-state index contributed by atoms with van der Waals surface area (Å²) in [6.07, 6.45) is 3.03. The number of aliphatic hydroxyl groups excluding tert-OH is 1. The maximum Gasteiger partial charge on any atom is 0.315 e. The number of nitrogens with one attached hydrogen (secondary N) is 2. The Bertz CT molecular complexity index is 606. The molecule has 1 aliphatic rings. The van der Waals surface area contributed by atoms with Gasteiger partial charge in [0.15, 0.2) is 0 Å². The summed E-state index contributed by atoms with van der Waals surface area (Å²) in [6, 6.07) is 19.6. The van der Waals surface area contributed by atoms with E-state index in [0.717, 1.165) is 30.4 Å². The molecule has 1 saturated carbocycles. The Hall–Kier alpha value is -2.33. The van der Waals surface area contributed by atoms with E-state index in [1.54, 1.807) is 0 Å². The largest absolute Gasteiger partial charge is 0.393 e. The highest BCUT2D eigenvalue weighted by Crippen LogP contribution is 2.22. The van der Waals surface area contributed by atoms with Crippen LogP contribution in [0, 0.1) is 0 Å². The highest BCUT2D eigenvalue weighted by molar-refractivity contribution is 5.75. The van der Waals surface area contributed by atoms with Crippen LogP contribution in [0.2, 0.25) is 0 Å². The monoisotopic (exact) mass is 324 g/mol.